The van der Waals surface area contributed by atoms with Crippen LogP contribution in [0.15, 0.2) is 53.5 Å². The fourth-order valence-corrected chi connectivity index (χ4v) is 2.99. The predicted molar refractivity (Wildman–Crippen MR) is 87.2 cm³/mol. The van der Waals surface area contributed by atoms with Crippen LogP contribution in [0.2, 0.25) is 5.02 Å². The second kappa shape index (κ2) is 4.79. The minimum absolute atomic E-state index is 0.326. The van der Waals surface area contributed by atoms with E-state index in [0.717, 1.165) is 4.90 Å². The van der Waals surface area contributed by atoms with E-state index in [1.54, 1.807) is 36.4 Å². The van der Waals surface area contributed by atoms with Gasteiger partial charge < -0.3 is 4.98 Å². The lowest BCUT2D eigenvalue weighted by Gasteiger charge is -2.14. The van der Waals surface area contributed by atoms with Crippen molar-refractivity contribution >= 4 is 39.9 Å². The molecular formula is C17H9ClN2O3. The first-order valence-corrected chi connectivity index (χ1v) is 7.24. The minimum atomic E-state index is -0.400. The number of anilines is 1. The van der Waals surface area contributed by atoms with Gasteiger partial charge in [0.15, 0.2) is 0 Å². The van der Waals surface area contributed by atoms with Crippen molar-refractivity contribution in [1.82, 2.24) is 4.98 Å². The van der Waals surface area contributed by atoms with Crippen molar-refractivity contribution in [2.75, 3.05) is 4.90 Å². The van der Waals surface area contributed by atoms with Gasteiger partial charge in [0.25, 0.3) is 17.4 Å². The molecule has 0 radical (unpaired) electrons. The molecule has 0 saturated heterocycles. The summed E-state index contributed by atoms with van der Waals surface area (Å²) in [5.41, 5.74) is 0.731. The first-order valence-electron chi connectivity index (χ1n) is 6.86. The van der Waals surface area contributed by atoms with Gasteiger partial charge in [-0.2, -0.15) is 0 Å². The Balaban J connectivity index is 1.91. The number of amides is 2. The van der Waals surface area contributed by atoms with E-state index in [0.29, 0.717) is 32.6 Å². The van der Waals surface area contributed by atoms with E-state index in [1.807, 2.05) is 0 Å². The molecule has 2 heterocycles. The second-order valence-electron chi connectivity index (χ2n) is 5.19. The van der Waals surface area contributed by atoms with E-state index < -0.39 is 11.8 Å². The number of nitrogens with one attached hydrogen (secondary N) is 1. The minimum Gasteiger partial charge on any atom is -0.327 e. The summed E-state index contributed by atoms with van der Waals surface area (Å²) in [6.07, 6.45) is 1.41. The average molecular weight is 325 g/mol. The van der Waals surface area contributed by atoms with E-state index in [1.165, 1.54) is 12.3 Å². The number of hydrogen-bond donors (Lipinski definition) is 1. The number of aromatic nitrogens is 1. The topological polar surface area (TPSA) is 70.2 Å². The summed E-state index contributed by atoms with van der Waals surface area (Å²) >= 11 is 6.05. The van der Waals surface area contributed by atoms with Gasteiger partial charge in [-0.25, -0.2) is 4.90 Å². The van der Waals surface area contributed by atoms with Crippen LogP contribution in [-0.4, -0.2) is 16.8 Å². The molecule has 0 atom stereocenters. The van der Waals surface area contributed by atoms with Crippen LogP contribution in [0.5, 0.6) is 0 Å². The van der Waals surface area contributed by atoms with Crippen LogP contribution >= 0.6 is 11.6 Å². The van der Waals surface area contributed by atoms with Gasteiger partial charge in [-0.3, -0.25) is 14.4 Å². The average Bonchev–Trinajstić information content (AvgIpc) is 2.83. The van der Waals surface area contributed by atoms with Crippen LogP contribution in [0.25, 0.3) is 10.8 Å². The fourth-order valence-electron chi connectivity index (χ4n) is 2.78. The normalized spacial score (nSPS) is 13.7. The Morgan fingerprint density at radius 1 is 0.870 bits per heavy atom. The number of aromatic amines is 1. The Hall–Kier alpha value is -2.92. The Bertz CT molecular complexity index is 1020. The van der Waals surface area contributed by atoms with Gasteiger partial charge in [-0.05, 0) is 24.3 Å². The molecule has 0 saturated carbocycles. The summed E-state index contributed by atoms with van der Waals surface area (Å²) in [6.45, 7) is 0. The standard InChI is InChI=1S/C17H9ClN2O3/c18-14-8-19-15(21)13-7-9(5-6-10(13)14)20-16(22)11-3-1-2-4-12(11)17(20)23/h1-8H,(H,19,21). The maximum Gasteiger partial charge on any atom is 0.266 e. The first kappa shape index (κ1) is 13.7. The van der Waals surface area contributed by atoms with Crippen LogP contribution in [-0.2, 0) is 0 Å². The van der Waals surface area contributed by atoms with Crippen LogP contribution in [0.1, 0.15) is 20.7 Å². The molecule has 23 heavy (non-hydrogen) atoms. The first-order chi connectivity index (χ1) is 11.1. The Labute approximate surface area is 135 Å². The SMILES string of the molecule is O=C1c2ccccc2C(=O)N1c1ccc2c(Cl)c[nH]c(=O)c2c1. The van der Waals surface area contributed by atoms with Crippen molar-refractivity contribution in [2.24, 2.45) is 0 Å². The van der Waals surface area contributed by atoms with Crippen molar-refractivity contribution in [3.63, 3.8) is 0 Å². The van der Waals surface area contributed by atoms with Crippen molar-refractivity contribution in [2.45, 2.75) is 0 Å². The zero-order valence-corrected chi connectivity index (χ0v) is 12.4. The highest BCUT2D eigenvalue weighted by Crippen LogP contribution is 2.31. The molecule has 1 N–H and O–H groups in total. The van der Waals surface area contributed by atoms with Crippen LogP contribution in [0, 0.1) is 0 Å². The van der Waals surface area contributed by atoms with E-state index in [4.69, 9.17) is 11.6 Å². The summed E-state index contributed by atoms with van der Waals surface area (Å²) in [4.78, 5) is 40.6. The highest BCUT2D eigenvalue weighted by molar-refractivity contribution is 6.36. The number of pyridine rings is 1. The molecule has 6 heteroatoms. The zero-order chi connectivity index (χ0) is 16.1. The lowest BCUT2D eigenvalue weighted by Crippen LogP contribution is -2.29. The number of carbonyl (C=O) groups is 2. The summed E-state index contributed by atoms with van der Waals surface area (Å²) in [7, 11) is 0. The molecule has 1 aromatic heterocycles. The molecule has 3 aromatic rings. The van der Waals surface area contributed by atoms with Crippen molar-refractivity contribution in [3.8, 4) is 0 Å². The van der Waals surface area contributed by atoms with Gasteiger partial charge in [-0.1, -0.05) is 29.8 Å². The molecule has 2 aromatic carbocycles. The molecule has 0 unspecified atom stereocenters. The Morgan fingerprint density at radius 2 is 1.52 bits per heavy atom. The zero-order valence-electron chi connectivity index (χ0n) is 11.7. The molecule has 0 fully saturated rings. The molecule has 112 valence electrons. The number of carbonyl (C=O) groups excluding carboxylic acids is 2. The fraction of sp³-hybridized carbons (Fsp3) is 0. The molecular weight excluding hydrogens is 316 g/mol. The number of imide groups is 1. The van der Waals surface area contributed by atoms with E-state index in [2.05, 4.69) is 4.98 Å². The summed E-state index contributed by atoms with van der Waals surface area (Å²) in [6, 6.07) is 11.4. The van der Waals surface area contributed by atoms with E-state index in [-0.39, 0.29) is 5.56 Å². The Morgan fingerprint density at radius 3 is 2.17 bits per heavy atom. The number of nitrogens with zero attached hydrogens (tertiary/aromatic N) is 1. The van der Waals surface area contributed by atoms with Gasteiger partial charge in [0.1, 0.15) is 0 Å². The Kier molecular flexibility index (Phi) is 2.86. The third kappa shape index (κ3) is 1.90. The molecule has 0 aliphatic carbocycles. The third-order valence-electron chi connectivity index (χ3n) is 3.89. The molecule has 0 bridgehead atoms. The number of hydrogen-bond acceptors (Lipinski definition) is 3. The predicted octanol–water partition coefficient (Wildman–Crippen LogP) is 2.98. The molecule has 1 aliphatic rings. The summed E-state index contributed by atoms with van der Waals surface area (Å²) in [5, 5.41) is 1.29. The number of rotatable bonds is 1. The molecule has 4 rings (SSSR count). The van der Waals surface area contributed by atoms with Crippen molar-refractivity contribution in [3.05, 3.63) is 75.2 Å². The van der Waals surface area contributed by atoms with E-state index in [9.17, 15) is 14.4 Å². The van der Waals surface area contributed by atoms with Gasteiger partial charge in [-0.15, -0.1) is 0 Å². The monoisotopic (exact) mass is 324 g/mol. The number of fused-ring (bicyclic) bond motifs is 2. The lowest BCUT2D eigenvalue weighted by atomic mass is 10.1. The maximum absolute atomic E-state index is 12.5. The molecule has 0 spiro atoms. The van der Waals surface area contributed by atoms with Crippen molar-refractivity contribution in [1.29, 1.82) is 0 Å². The molecule has 5 nitrogen and oxygen atoms in total. The maximum atomic E-state index is 12.5. The van der Waals surface area contributed by atoms with Gasteiger partial charge in [0.05, 0.1) is 27.2 Å². The smallest absolute Gasteiger partial charge is 0.266 e. The van der Waals surface area contributed by atoms with Crippen LogP contribution in [0.4, 0.5) is 5.69 Å². The third-order valence-corrected chi connectivity index (χ3v) is 4.20. The highest BCUT2D eigenvalue weighted by Gasteiger charge is 2.36. The number of benzene rings is 2. The molecule has 1 aliphatic heterocycles. The molecule has 2 amide bonds. The van der Waals surface area contributed by atoms with Crippen molar-refractivity contribution < 1.29 is 9.59 Å². The quantitative estimate of drug-likeness (QED) is 0.700. The van der Waals surface area contributed by atoms with E-state index >= 15 is 0 Å². The summed E-state index contributed by atoms with van der Waals surface area (Å²) in [5.74, 6) is -0.799. The lowest BCUT2D eigenvalue weighted by molar-refractivity contribution is 0.0926. The number of H-pyrrole nitrogens is 1. The van der Waals surface area contributed by atoms with Gasteiger partial charge >= 0.3 is 0 Å². The van der Waals surface area contributed by atoms with Gasteiger partial charge in [0, 0.05) is 11.6 Å². The number of halogens is 1. The van der Waals surface area contributed by atoms with Crippen LogP contribution in [0.3, 0.4) is 0 Å². The second-order valence-corrected chi connectivity index (χ2v) is 5.59. The summed E-state index contributed by atoms with van der Waals surface area (Å²) < 4.78 is 0. The van der Waals surface area contributed by atoms with Gasteiger partial charge in [0.2, 0.25) is 0 Å². The largest absolute Gasteiger partial charge is 0.327 e. The van der Waals surface area contributed by atoms with Crippen LogP contribution < -0.4 is 10.5 Å². The highest BCUT2D eigenvalue weighted by atomic mass is 35.5.